The third kappa shape index (κ3) is 4.71. The second kappa shape index (κ2) is 9.24. The van der Waals surface area contributed by atoms with E-state index in [0.717, 1.165) is 21.3 Å². The van der Waals surface area contributed by atoms with E-state index in [1.54, 1.807) is 6.20 Å². The van der Waals surface area contributed by atoms with E-state index >= 15 is 0 Å². The molecule has 1 aromatic heterocycles. The number of nitrogens with zero attached hydrogens (tertiary/aromatic N) is 2. The molecule has 2 atom stereocenters. The first-order valence-corrected chi connectivity index (χ1v) is 11.1. The molecule has 8 heteroatoms. The van der Waals surface area contributed by atoms with Crippen LogP contribution >= 0.6 is 15.9 Å². The molecule has 2 fully saturated rings. The summed E-state index contributed by atoms with van der Waals surface area (Å²) in [4.78, 5) is 31.6. The number of carbonyl (C=O) groups excluding carboxylic acids is 2. The van der Waals surface area contributed by atoms with Crippen molar-refractivity contribution in [1.29, 1.82) is 0 Å². The minimum atomic E-state index is -0.260. The van der Waals surface area contributed by atoms with Gasteiger partial charge in [-0.2, -0.15) is 0 Å². The van der Waals surface area contributed by atoms with Gasteiger partial charge in [-0.25, -0.2) is 10.9 Å². The zero-order valence-corrected chi connectivity index (χ0v) is 18.5. The SMILES string of the molecule is Cc1ccc(NC(=O)C2CCN(C(=O)C3CC(c4cccnc4)NN3)CC2)c(Br)c1. The number of amides is 2. The van der Waals surface area contributed by atoms with Gasteiger partial charge in [-0.05, 0) is 71.4 Å². The molecule has 2 unspecified atom stereocenters. The van der Waals surface area contributed by atoms with Crippen LogP contribution in [-0.2, 0) is 9.59 Å². The number of hydrazine groups is 1. The van der Waals surface area contributed by atoms with Crippen molar-refractivity contribution in [2.75, 3.05) is 18.4 Å². The molecular weight excluding hydrogens is 446 g/mol. The first-order chi connectivity index (χ1) is 14.5. The van der Waals surface area contributed by atoms with Gasteiger partial charge in [0.15, 0.2) is 0 Å². The highest BCUT2D eigenvalue weighted by Gasteiger charge is 2.35. The third-order valence-electron chi connectivity index (χ3n) is 5.85. The molecule has 2 aromatic rings. The second-order valence-corrected chi connectivity index (χ2v) is 8.84. The molecule has 7 nitrogen and oxygen atoms in total. The van der Waals surface area contributed by atoms with Gasteiger partial charge < -0.3 is 10.2 Å². The Morgan fingerprint density at radius 1 is 1.20 bits per heavy atom. The summed E-state index contributed by atoms with van der Waals surface area (Å²) in [5, 5.41) is 3.01. The lowest BCUT2D eigenvalue weighted by Crippen LogP contribution is -2.49. The Labute approximate surface area is 184 Å². The summed E-state index contributed by atoms with van der Waals surface area (Å²) < 4.78 is 0.881. The van der Waals surface area contributed by atoms with Gasteiger partial charge in [0.1, 0.15) is 6.04 Å². The van der Waals surface area contributed by atoms with Crippen LogP contribution < -0.4 is 16.2 Å². The first kappa shape index (κ1) is 21.0. The van der Waals surface area contributed by atoms with Gasteiger partial charge in [0, 0.05) is 41.9 Å². The van der Waals surface area contributed by atoms with E-state index < -0.39 is 0 Å². The smallest absolute Gasteiger partial charge is 0.241 e. The molecule has 0 spiro atoms. The van der Waals surface area contributed by atoms with E-state index in [0.29, 0.717) is 32.4 Å². The lowest BCUT2D eigenvalue weighted by molar-refractivity contribution is -0.136. The van der Waals surface area contributed by atoms with E-state index in [9.17, 15) is 9.59 Å². The number of anilines is 1. The van der Waals surface area contributed by atoms with Crippen molar-refractivity contribution in [3.8, 4) is 0 Å². The van der Waals surface area contributed by atoms with Crippen LogP contribution in [-0.4, -0.2) is 40.8 Å². The van der Waals surface area contributed by atoms with Crippen LogP contribution in [0.15, 0.2) is 47.2 Å². The Hall–Kier alpha value is -2.29. The van der Waals surface area contributed by atoms with Crippen molar-refractivity contribution in [1.82, 2.24) is 20.7 Å². The Bertz CT molecular complexity index is 915. The molecule has 2 amide bonds. The number of nitrogens with one attached hydrogen (secondary N) is 3. The second-order valence-electron chi connectivity index (χ2n) is 7.99. The summed E-state index contributed by atoms with van der Waals surface area (Å²) in [6, 6.07) is 9.59. The number of halogens is 1. The number of aromatic nitrogens is 1. The van der Waals surface area contributed by atoms with Crippen molar-refractivity contribution in [3.63, 3.8) is 0 Å². The molecule has 30 heavy (non-hydrogen) atoms. The van der Waals surface area contributed by atoms with Gasteiger partial charge >= 0.3 is 0 Å². The molecule has 0 bridgehead atoms. The maximum absolute atomic E-state index is 12.9. The predicted molar refractivity (Wildman–Crippen MR) is 118 cm³/mol. The van der Waals surface area contributed by atoms with Crippen molar-refractivity contribution in [2.45, 2.75) is 38.3 Å². The fraction of sp³-hybridized carbons (Fsp3) is 0.409. The molecule has 1 aromatic carbocycles. The van der Waals surface area contributed by atoms with Gasteiger partial charge in [-0.1, -0.05) is 12.1 Å². The third-order valence-corrected chi connectivity index (χ3v) is 6.50. The van der Waals surface area contributed by atoms with Crippen LogP contribution in [0.1, 0.15) is 36.4 Å². The van der Waals surface area contributed by atoms with Gasteiger partial charge in [0.05, 0.1) is 5.69 Å². The van der Waals surface area contributed by atoms with E-state index in [2.05, 4.69) is 37.1 Å². The van der Waals surface area contributed by atoms with Crippen molar-refractivity contribution >= 4 is 33.4 Å². The van der Waals surface area contributed by atoms with Crippen LogP contribution in [0.3, 0.4) is 0 Å². The summed E-state index contributed by atoms with van der Waals surface area (Å²) in [5.41, 5.74) is 9.31. The average molecular weight is 472 g/mol. The molecule has 158 valence electrons. The molecule has 0 aliphatic carbocycles. The number of aryl methyl sites for hydroxylation is 1. The minimum Gasteiger partial charge on any atom is -0.341 e. The van der Waals surface area contributed by atoms with Crippen molar-refractivity contribution in [2.24, 2.45) is 5.92 Å². The standard InChI is InChI=1S/C22H26BrN5O2/c1-14-4-5-18(17(23)11-14)25-21(29)15-6-9-28(10-7-15)22(30)20-12-19(26-27-20)16-3-2-8-24-13-16/h2-5,8,11,13,15,19-20,26-27H,6-7,9-10,12H2,1H3,(H,25,29). The fourth-order valence-electron chi connectivity index (χ4n) is 4.06. The summed E-state index contributed by atoms with van der Waals surface area (Å²) in [7, 11) is 0. The van der Waals surface area contributed by atoms with E-state index in [1.165, 1.54) is 0 Å². The normalized spacial score (nSPS) is 22.1. The quantitative estimate of drug-likeness (QED) is 0.637. The number of benzene rings is 1. The van der Waals surface area contributed by atoms with Crippen molar-refractivity contribution < 1.29 is 9.59 Å². The van der Waals surface area contributed by atoms with Crippen LogP contribution in [0, 0.1) is 12.8 Å². The average Bonchev–Trinajstić information content (AvgIpc) is 3.26. The Morgan fingerprint density at radius 3 is 2.70 bits per heavy atom. The van der Waals surface area contributed by atoms with Crippen LogP contribution in [0.25, 0.3) is 0 Å². The number of piperidine rings is 1. The van der Waals surface area contributed by atoms with Crippen LogP contribution in [0.4, 0.5) is 5.69 Å². The van der Waals surface area contributed by atoms with Gasteiger partial charge in [0.25, 0.3) is 0 Å². The van der Waals surface area contributed by atoms with E-state index in [4.69, 9.17) is 0 Å². The summed E-state index contributed by atoms with van der Waals surface area (Å²) in [5.74, 6) is 0.0260. The first-order valence-electron chi connectivity index (χ1n) is 10.3. The summed E-state index contributed by atoms with van der Waals surface area (Å²) >= 11 is 3.50. The summed E-state index contributed by atoms with van der Waals surface area (Å²) in [6.45, 7) is 3.21. The highest BCUT2D eigenvalue weighted by molar-refractivity contribution is 9.10. The number of hydrogen-bond donors (Lipinski definition) is 3. The number of pyridine rings is 1. The van der Waals surface area contributed by atoms with E-state index in [-0.39, 0.29) is 29.8 Å². The van der Waals surface area contributed by atoms with Gasteiger partial charge in [0.2, 0.25) is 11.8 Å². The molecule has 2 aliphatic rings. The Kier molecular flexibility index (Phi) is 6.46. The lowest BCUT2D eigenvalue weighted by atomic mass is 9.94. The maximum Gasteiger partial charge on any atom is 0.241 e. The number of carbonyl (C=O) groups is 2. The zero-order valence-electron chi connectivity index (χ0n) is 16.9. The zero-order chi connectivity index (χ0) is 21.1. The van der Waals surface area contributed by atoms with E-state index in [1.807, 2.05) is 48.4 Å². The molecule has 2 saturated heterocycles. The fourth-order valence-corrected chi connectivity index (χ4v) is 4.65. The highest BCUT2D eigenvalue weighted by Crippen LogP contribution is 2.27. The Morgan fingerprint density at radius 2 is 2.00 bits per heavy atom. The van der Waals surface area contributed by atoms with Crippen molar-refractivity contribution in [3.05, 3.63) is 58.3 Å². The minimum absolute atomic E-state index is 0.0175. The number of hydrogen-bond acceptors (Lipinski definition) is 5. The highest BCUT2D eigenvalue weighted by atomic mass is 79.9. The van der Waals surface area contributed by atoms with Gasteiger partial charge in [-0.15, -0.1) is 0 Å². The van der Waals surface area contributed by atoms with Crippen LogP contribution in [0.5, 0.6) is 0 Å². The molecule has 4 rings (SSSR count). The summed E-state index contributed by atoms with van der Waals surface area (Å²) in [6.07, 6.45) is 5.60. The van der Waals surface area contributed by atoms with Gasteiger partial charge in [-0.3, -0.25) is 14.6 Å². The Balaban J connectivity index is 1.28. The number of rotatable bonds is 4. The molecule has 0 radical (unpaired) electrons. The predicted octanol–water partition coefficient (Wildman–Crippen LogP) is 2.94. The molecular formula is C22H26BrN5O2. The topological polar surface area (TPSA) is 86.4 Å². The monoisotopic (exact) mass is 471 g/mol. The van der Waals surface area contributed by atoms with Crippen LogP contribution in [0.2, 0.25) is 0 Å². The lowest BCUT2D eigenvalue weighted by Gasteiger charge is -2.33. The number of likely N-dealkylation sites (tertiary alicyclic amines) is 1. The molecule has 3 heterocycles. The largest absolute Gasteiger partial charge is 0.341 e. The molecule has 0 saturated carbocycles. The molecule has 3 N–H and O–H groups in total. The maximum atomic E-state index is 12.9. The molecule has 2 aliphatic heterocycles.